The number of guanidine groups is 1. The molecule has 0 fully saturated rings. The van der Waals surface area contributed by atoms with Gasteiger partial charge < -0.3 is 11.1 Å². The molecule has 0 amide bonds. The zero-order valence-corrected chi connectivity index (χ0v) is 9.67. The summed E-state index contributed by atoms with van der Waals surface area (Å²) in [6, 6.07) is 6.23. The number of nitrogens with two attached hydrogens (primary N) is 1. The van der Waals surface area contributed by atoms with Crippen LogP contribution in [-0.2, 0) is 0 Å². The van der Waals surface area contributed by atoms with Crippen molar-refractivity contribution in [1.82, 2.24) is 0 Å². The summed E-state index contributed by atoms with van der Waals surface area (Å²) in [7, 11) is 0. The number of nitrogens with zero attached hydrogens (tertiary/aromatic N) is 1. The Hall–Kier alpha value is -1.51. The van der Waals surface area contributed by atoms with Gasteiger partial charge in [-0.3, -0.25) is 4.99 Å². The van der Waals surface area contributed by atoms with Gasteiger partial charge in [0.15, 0.2) is 5.96 Å². The van der Waals surface area contributed by atoms with Gasteiger partial charge in [-0.25, -0.2) is 0 Å². The first-order valence-electron chi connectivity index (χ1n) is 5.27. The molecule has 1 aromatic rings. The van der Waals surface area contributed by atoms with Crippen molar-refractivity contribution in [2.75, 3.05) is 11.9 Å². The van der Waals surface area contributed by atoms with E-state index in [1.54, 1.807) is 0 Å². The van der Waals surface area contributed by atoms with E-state index in [0.717, 1.165) is 18.7 Å². The molecule has 0 saturated heterocycles. The lowest BCUT2D eigenvalue weighted by atomic mass is 10.1. The van der Waals surface area contributed by atoms with Crippen molar-refractivity contribution in [3.8, 4) is 0 Å². The largest absolute Gasteiger partial charge is 0.370 e. The van der Waals surface area contributed by atoms with Gasteiger partial charge in [0.25, 0.3) is 0 Å². The number of rotatable bonds is 3. The topological polar surface area (TPSA) is 50.4 Å². The minimum Gasteiger partial charge on any atom is -0.370 e. The van der Waals surface area contributed by atoms with Gasteiger partial charge in [0.05, 0.1) is 0 Å². The van der Waals surface area contributed by atoms with Gasteiger partial charge >= 0.3 is 0 Å². The van der Waals surface area contributed by atoms with Crippen LogP contribution in [0.2, 0.25) is 0 Å². The normalized spacial score (nSPS) is 11.5. The van der Waals surface area contributed by atoms with Crippen LogP contribution in [0.15, 0.2) is 23.2 Å². The Labute approximate surface area is 91.4 Å². The number of nitrogens with one attached hydrogen (secondary N) is 1. The lowest BCUT2D eigenvalue weighted by Gasteiger charge is -2.09. The zero-order chi connectivity index (χ0) is 11.3. The first-order chi connectivity index (χ1) is 7.13. The van der Waals surface area contributed by atoms with Crippen molar-refractivity contribution in [2.24, 2.45) is 10.7 Å². The molecule has 3 N–H and O–H groups in total. The average molecular weight is 205 g/mol. The molecule has 0 atom stereocenters. The molecule has 0 spiro atoms. The summed E-state index contributed by atoms with van der Waals surface area (Å²) < 4.78 is 0. The van der Waals surface area contributed by atoms with Crippen molar-refractivity contribution >= 4 is 11.6 Å². The molecular formula is C12H19N3. The monoisotopic (exact) mass is 205 g/mol. The zero-order valence-electron chi connectivity index (χ0n) is 9.67. The summed E-state index contributed by atoms with van der Waals surface area (Å²) in [4.78, 5) is 4.19. The molecule has 0 aliphatic rings. The third kappa shape index (κ3) is 3.62. The number of aliphatic imine (C=N–C) groups is 1. The van der Waals surface area contributed by atoms with Gasteiger partial charge in [0.2, 0.25) is 0 Å². The van der Waals surface area contributed by atoms with Crippen LogP contribution in [0.4, 0.5) is 5.69 Å². The maximum absolute atomic E-state index is 5.75. The lowest BCUT2D eigenvalue weighted by Crippen LogP contribution is -2.23. The highest BCUT2D eigenvalue weighted by Gasteiger charge is 1.99. The predicted octanol–water partition coefficient (Wildman–Crippen LogP) is 2.44. The molecule has 3 heteroatoms. The molecule has 1 aromatic carbocycles. The van der Waals surface area contributed by atoms with E-state index in [9.17, 15) is 0 Å². The third-order valence-electron chi connectivity index (χ3n) is 2.16. The van der Waals surface area contributed by atoms with Gasteiger partial charge in [-0.05, 0) is 37.5 Å². The highest BCUT2D eigenvalue weighted by atomic mass is 15.1. The van der Waals surface area contributed by atoms with Crippen molar-refractivity contribution < 1.29 is 0 Å². The first-order valence-corrected chi connectivity index (χ1v) is 5.27. The third-order valence-corrected chi connectivity index (χ3v) is 2.16. The Morgan fingerprint density at radius 3 is 2.80 bits per heavy atom. The number of aryl methyl sites for hydroxylation is 2. The van der Waals surface area contributed by atoms with Gasteiger partial charge in [0, 0.05) is 12.2 Å². The van der Waals surface area contributed by atoms with Gasteiger partial charge in [0.1, 0.15) is 0 Å². The van der Waals surface area contributed by atoms with Crippen molar-refractivity contribution in [2.45, 2.75) is 27.2 Å². The molecule has 0 unspecified atom stereocenters. The Morgan fingerprint density at radius 2 is 2.13 bits per heavy atom. The first kappa shape index (κ1) is 11.6. The molecule has 82 valence electrons. The van der Waals surface area contributed by atoms with Gasteiger partial charge in [-0.1, -0.05) is 19.1 Å². The maximum Gasteiger partial charge on any atom is 0.193 e. The second-order valence-corrected chi connectivity index (χ2v) is 3.71. The second kappa shape index (κ2) is 5.39. The average Bonchev–Trinajstić information content (AvgIpc) is 2.20. The van der Waals surface area contributed by atoms with Crippen LogP contribution in [-0.4, -0.2) is 12.5 Å². The van der Waals surface area contributed by atoms with Crippen LogP contribution in [0.3, 0.4) is 0 Å². The van der Waals surface area contributed by atoms with Crippen molar-refractivity contribution in [3.05, 3.63) is 29.3 Å². The second-order valence-electron chi connectivity index (χ2n) is 3.71. The molecular weight excluding hydrogens is 186 g/mol. The van der Waals surface area contributed by atoms with E-state index in [-0.39, 0.29) is 0 Å². The van der Waals surface area contributed by atoms with Gasteiger partial charge in [-0.15, -0.1) is 0 Å². The van der Waals surface area contributed by atoms with E-state index in [0.29, 0.717) is 5.96 Å². The summed E-state index contributed by atoms with van der Waals surface area (Å²) in [5.41, 5.74) is 9.17. The van der Waals surface area contributed by atoms with Crippen molar-refractivity contribution in [3.63, 3.8) is 0 Å². The fraction of sp³-hybridized carbons (Fsp3) is 0.417. The number of anilines is 1. The van der Waals surface area contributed by atoms with E-state index in [1.807, 2.05) is 0 Å². The molecule has 0 aliphatic carbocycles. The molecule has 0 saturated carbocycles. The van der Waals surface area contributed by atoms with Crippen molar-refractivity contribution in [1.29, 1.82) is 0 Å². The summed E-state index contributed by atoms with van der Waals surface area (Å²) in [6.45, 7) is 6.96. The Kier molecular flexibility index (Phi) is 4.16. The van der Waals surface area contributed by atoms with Crippen LogP contribution < -0.4 is 11.1 Å². The minimum absolute atomic E-state index is 0.491. The molecule has 0 aromatic heterocycles. The quantitative estimate of drug-likeness (QED) is 0.588. The van der Waals surface area contributed by atoms with Crippen LogP contribution in [0.1, 0.15) is 24.5 Å². The number of hydrogen-bond donors (Lipinski definition) is 2. The van der Waals surface area contributed by atoms with Crippen LogP contribution >= 0.6 is 0 Å². The number of benzene rings is 1. The van der Waals surface area contributed by atoms with E-state index in [2.05, 4.69) is 49.3 Å². The molecule has 0 radical (unpaired) electrons. The van der Waals surface area contributed by atoms with Crippen LogP contribution in [0.25, 0.3) is 0 Å². The standard InChI is InChI=1S/C12H19N3/c1-4-7-14-12(13)15-11-8-9(2)5-6-10(11)3/h5-6,8H,4,7H2,1-3H3,(H3,13,14,15). The summed E-state index contributed by atoms with van der Waals surface area (Å²) >= 11 is 0. The van der Waals surface area contributed by atoms with Crippen LogP contribution in [0.5, 0.6) is 0 Å². The summed E-state index contributed by atoms with van der Waals surface area (Å²) in [5, 5.41) is 3.11. The van der Waals surface area contributed by atoms with Crippen LogP contribution in [0, 0.1) is 13.8 Å². The van der Waals surface area contributed by atoms with E-state index in [1.165, 1.54) is 11.1 Å². The summed E-state index contributed by atoms with van der Waals surface area (Å²) in [5.74, 6) is 0.491. The minimum atomic E-state index is 0.491. The van der Waals surface area contributed by atoms with E-state index in [4.69, 9.17) is 5.73 Å². The fourth-order valence-electron chi connectivity index (χ4n) is 1.28. The Bertz CT molecular complexity index is 356. The Balaban J connectivity index is 2.75. The molecule has 3 nitrogen and oxygen atoms in total. The molecule has 0 aliphatic heterocycles. The SMILES string of the molecule is CCCN=C(N)Nc1cc(C)ccc1C. The molecule has 1 rings (SSSR count). The molecule has 0 bridgehead atoms. The molecule has 15 heavy (non-hydrogen) atoms. The fourth-order valence-corrected chi connectivity index (χ4v) is 1.28. The Morgan fingerprint density at radius 1 is 1.40 bits per heavy atom. The maximum atomic E-state index is 5.75. The van der Waals surface area contributed by atoms with Gasteiger partial charge in [-0.2, -0.15) is 0 Å². The van der Waals surface area contributed by atoms with E-state index < -0.39 is 0 Å². The molecule has 0 heterocycles. The highest BCUT2D eigenvalue weighted by molar-refractivity contribution is 5.93. The van der Waals surface area contributed by atoms with E-state index >= 15 is 0 Å². The predicted molar refractivity (Wildman–Crippen MR) is 66.3 cm³/mol. The lowest BCUT2D eigenvalue weighted by molar-refractivity contribution is 0.929. The number of hydrogen-bond acceptors (Lipinski definition) is 1. The summed E-state index contributed by atoms with van der Waals surface area (Å²) in [6.07, 6.45) is 1.01. The smallest absolute Gasteiger partial charge is 0.193 e. The highest BCUT2D eigenvalue weighted by Crippen LogP contribution is 2.15.